The minimum absolute atomic E-state index is 0.0483. The van der Waals surface area contributed by atoms with Gasteiger partial charge in [0.25, 0.3) is 17.7 Å². The zero-order valence-electron chi connectivity index (χ0n) is 23.1. The van der Waals surface area contributed by atoms with Gasteiger partial charge in [-0.15, -0.1) is 16.6 Å². The van der Waals surface area contributed by atoms with E-state index in [0.717, 1.165) is 39.1 Å². The van der Waals surface area contributed by atoms with Crippen molar-refractivity contribution in [2.75, 3.05) is 29.8 Å². The molecule has 2 aliphatic rings. The van der Waals surface area contributed by atoms with Gasteiger partial charge in [-0.3, -0.25) is 24.1 Å². The molecule has 1 fully saturated rings. The van der Waals surface area contributed by atoms with Crippen LogP contribution in [-0.2, 0) is 30.6 Å². The predicted octanol–water partition coefficient (Wildman–Crippen LogP) is -2.07. The van der Waals surface area contributed by atoms with E-state index in [2.05, 4.69) is 40.8 Å². The fourth-order valence-electron chi connectivity index (χ4n) is 4.24. The fourth-order valence-corrected chi connectivity index (χ4v) is 6.99. The van der Waals surface area contributed by atoms with Gasteiger partial charge in [-0.25, -0.2) is 10.2 Å². The lowest BCUT2D eigenvalue weighted by molar-refractivity contribution is -0.150. The molecule has 3 aromatic rings. The molecule has 45 heavy (non-hydrogen) atoms. The van der Waals surface area contributed by atoms with Gasteiger partial charge >= 0.3 is 5.97 Å². The number of aromatic nitrogens is 7. The summed E-state index contributed by atoms with van der Waals surface area (Å²) in [5.74, 6) is -3.70. The number of aliphatic carboxylic acids is 1. The number of β-lactam (4-membered cyclic amide) rings is 1. The first-order valence-corrected chi connectivity index (χ1v) is 15.3. The molecule has 3 amide bonds. The maximum absolute atomic E-state index is 13.1. The number of tetrazole rings is 1. The van der Waals surface area contributed by atoms with Crippen molar-refractivity contribution in [2.24, 2.45) is 5.16 Å². The molecule has 3 aromatic heterocycles. The van der Waals surface area contributed by atoms with Crippen molar-refractivity contribution >= 4 is 69.6 Å². The Morgan fingerprint density at radius 1 is 1.31 bits per heavy atom. The van der Waals surface area contributed by atoms with Crippen LogP contribution in [0.15, 0.2) is 38.6 Å². The first-order valence-electron chi connectivity index (χ1n) is 12.5. The number of pyridine rings is 1. The third-order valence-corrected chi connectivity index (χ3v) is 9.25. The van der Waals surface area contributed by atoms with E-state index >= 15 is 0 Å². The van der Waals surface area contributed by atoms with E-state index in [4.69, 9.17) is 10.6 Å². The molecule has 5 heterocycles. The summed E-state index contributed by atoms with van der Waals surface area (Å²) in [6, 6.07) is 0.0664. The Bertz CT molecular complexity index is 1820. The van der Waals surface area contributed by atoms with E-state index in [1.54, 1.807) is 0 Å². The van der Waals surface area contributed by atoms with E-state index in [0.29, 0.717) is 5.57 Å². The Hall–Kier alpha value is -5.03. The van der Waals surface area contributed by atoms with Crippen LogP contribution in [-0.4, -0.2) is 109 Å². The molecule has 0 aromatic carbocycles. The summed E-state index contributed by atoms with van der Waals surface area (Å²) in [5, 5.41) is 36.6. The minimum atomic E-state index is -1.34. The number of amides is 3. The van der Waals surface area contributed by atoms with E-state index in [1.165, 1.54) is 36.6 Å². The number of hydrogen-bond acceptors (Lipinski definition) is 17. The van der Waals surface area contributed by atoms with E-state index < -0.39 is 46.3 Å². The van der Waals surface area contributed by atoms with E-state index in [9.17, 15) is 34.2 Å². The highest BCUT2D eigenvalue weighted by molar-refractivity contribution is 8.01. The lowest BCUT2D eigenvalue weighted by atomic mass is 10.0. The number of fused-ring (bicyclic) bond motifs is 1. The lowest BCUT2D eigenvalue weighted by Gasteiger charge is -2.49. The highest BCUT2D eigenvalue weighted by Gasteiger charge is 2.54. The van der Waals surface area contributed by atoms with Crippen molar-refractivity contribution in [3.8, 4) is 5.75 Å². The minimum Gasteiger partial charge on any atom is -0.503 e. The van der Waals surface area contributed by atoms with Crippen molar-refractivity contribution in [2.45, 2.75) is 30.0 Å². The van der Waals surface area contributed by atoms with E-state index in [1.807, 2.05) is 0 Å². The van der Waals surface area contributed by atoms with Crippen molar-refractivity contribution in [3.63, 3.8) is 0 Å². The van der Waals surface area contributed by atoms with Gasteiger partial charge in [-0.1, -0.05) is 22.0 Å². The fraction of sp³-hybridized carbons (Fsp3) is 0.318. The van der Waals surface area contributed by atoms with Crippen molar-refractivity contribution < 1.29 is 34.2 Å². The average molecular weight is 679 g/mol. The second-order valence-electron chi connectivity index (χ2n) is 9.14. The Labute approximate surface area is 263 Å². The average Bonchev–Trinajstić information content (AvgIpc) is 3.65. The second-order valence-corrected chi connectivity index (χ2v) is 12.0. The largest absolute Gasteiger partial charge is 0.503 e. The molecule has 23 heteroatoms. The van der Waals surface area contributed by atoms with Crippen LogP contribution in [0.2, 0.25) is 0 Å². The van der Waals surface area contributed by atoms with Gasteiger partial charge in [0.15, 0.2) is 10.9 Å². The van der Waals surface area contributed by atoms with Gasteiger partial charge in [-0.05, 0) is 22.9 Å². The van der Waals surface area contributed by atoms with Gasteiger partial charge < -0.3 is 30.7 Å². The quantitative estimate of drug-likeness (QED) is 0.0631. The van der Waals surface area contributed by atoms with Crippen LogP contribution in [0.1, 0.15) is 11.5 Å². The summed E-state index contributed by atoms with van der Waals surface area (Å²) >= 11 is 3.10. The molecular formula is C22H22N12O8S3. The summed E-state index contributed by atoms with van der Waals surface area (Å²) in [6.45, 7) is 1.21. The molecule has 2 aliphatic heterocycles. The molecule has 236 valence electrons. The molecule has 6 N–H and O–H groups in total. The third kappa shape index (κ3) is 6.30. The lowest BCUT2D eigenvalue weighted by Crippen LogP contribution is -2.71. The normalized spacial score (nSPS) is 17.9. The van der Waals surface area contributed by atoms with Crippen LogP contribution in [0.4, 0.5) is 5.13 Å². The van der Waals surface area contributed by atoms with E-state index in [-0.39, 0.29) is 51.3 Å². The van der Waals surface area contributed by atoms with Gasteiger partial charge in [0.1, 0.15) is 30.8 Å². The number of nitrogens with two attached hydrogens (primary N) is 1. The number of anilines is 1. The molecule has 5 rings (SSSR count). The van der Waals surface area contributed by atoms with Crippen molar-refractivity contribution in [3.05, 3.63) is 45.3 Å². The molecule has 1 saturated heterocycles. The number of carbonyl (C=O) groups excluding carboxylic acids is 3. The highest BCUT2D eigenvalue weighted by atomic mass is 32.2. The van der Waals surface area contributed by atoms with Crippen LogP contribution in [0.25, 0.3) is 0 Å². The molecular weight excluding hydrogens is 657 g/mol. The number of nitrogens with one attached hydrogen (secondary N) is 2. The number of rotatable bonds is 11. The van der Waals surface area contributed by atoms with Crippen LogP contribution in [0.5, 0.6) is 5.75 Å². The van der Waals surface area contributed by atoms with Crippen LogP contribution in [0.3, 0.4) is 0 Å². The number of oxime groups is 1. The number of nitrogens with zero attached hydrogens (tertiary/aromatic N) is 9. The Kier molecular flexibility index (Phi) is 9.01. The summed E-state index contributed by atoms with van der Waals surface area (Å²) in [7, 11) is 1.22. The summed E-state index contributed by atoms with van der Waals surface area (Å²) in [4.78, 5) is 73.1. The molecule has 20 nitrogen and oxygen atoms in total. The monoisotopic (exact) mass is 678 g/mol. The molecule has 0 unspecified atom stereocenters. The number of carbonyl (C=O) groups is 4. The zero-order chi connectivity index (χ0) is 32.4. The Morgan fingerprint density at radius 3 is 2.78 bits per heavy atom. The first-order chi connectivity index (χ1) is 21.5. The number of carboxylic acids is 1. The highest BCUT2D eigenvalue weighted by Crippen LogP contribution is 2.41. The van der Waals surface area contributed by atoms with Gasteiger partial charge in [-0.2, -0.15) is 9.36 Å². The van der Waals surface area contributed by atoms with Crippen molar-refractivity contribution in [1.82, 2.24) is 44.5 Å². The Morgan fingerprint density at radius 2 is 2.09 bits per heavy atom. The zero-order valence-corrected chi connectivity index (χ0v) is 25.6. The maximum Gasteiger partial charge on any atom is 0.352 e. The maximum atomic E-state index is 13.1. The van der Waals surface area contributed by atoms with Crippen LogP contribution in [0, 0.1) is 6.92 Å². The van der Waals surface area contributed by atoms with Gasteiger partial charge in [0.2, 0.25) is 22.1 Å². The first kappa shape index (κ1) is 31.4. The number of hydrogen-bond donors (Lipinski definition) is 5. The molecule has 0 radical (unpaired) electrons. The van der Waals surface area contributed by atoms with Gasteiger partial charge in [0.05, 0.1) is 5.69 Å². The SMILES string of the molecule is CO/N=C(\C(=O)N[C@@H]1C(=O)N2C(C(=O)O)=C(CSc3nnnn3NC(=O)Cn3ccc(=O)c(O)c3C)CS[C@@H]12)c1nsc(N)n1. The number of carboxylic acid groups (broad SMARTS) is 1. The Balaban J connectivity index is 1.25. The van der Waals surface area contributed by atoms with Gasteiger partial charge in [0, 0.05) is 35.3 Å². The molecule has 0 spiro atoms. The summed E-state index contributed by atoms with van der Waals surface area (Å²) in [6.07, 6.45) is 1.35. The molecule has 0 saturated carbocycles. The molecule has 0 aliphatic carbocycles. The molecule has 0 bridgehead atoms. The third-order valence-electron chi connectivity index (χ3n) is 6.36. The van der Waals surface area contributed by atoms with Crippen molar-refractivity contribution in [1.29, 1.82) is 0 Å². The summed E-state index contributed by atoms with van der Waals surface area (Å²) < 4.78 is 5.29. The number of thioether (sulfide) groups is 2. The van der Waals surface area contributed by atoms with Crippen LogP contribution < -0.4 is 21.9 Å². The smallest absolute Gasteiger partial charge is 0.352 e. The second kappa shape index (κ2) is 12.9. The van der Waals surface area contributed by atoms with Crippen LogP contribution >= 0.6 is 35.1 Å². The summed E-state index contributed by atoms with van der Waals surface area (Å²) in [5.41, 5.74) is 7.52. The molecule has 2 atom stereocenters. The predicted molar refractivity (Wildman–Crippen MR) is 158 cm³/mol. The number of aromatic hydroxyl groups is 1. The standard InChI is InChI=1S/C22H22N12O8S3/c1-8-15(37)10(35)3-4-32(8)5-11(36)27-34-22(26-30-31-34)44-7-9-6-43-19-13(18(39)33(19)14(9)20(40)41)24-17(38)12(28-42-2)16-25-21(23)45-29-16/h3-4,13,19,37H,5-7H2,1-2H3,(H,24,38)(H,27,36)(H,40,41)(H2,23,25,29)/b28-12-/t13-,19+/m1/s1. The topological polar surface area (TPSA) is 275 Å². The number of nitrogen functional groups attached to an aromatic ring is 1.